The largest absolute Gasteiger partial charge is 0.348 e. The van der Waals surface area contributed by atoms with E-state index in [0.717, 1.165) is 5.56 Å². The van der Waals surface area contributed by atoms with Crippen LogP contribution in [0.3, 0.4) is 0 Å². The van der Waals surface area contributed by atoms with E-state index >= 15 is 0 Å². The van der Waals surface area contributed by atoms with Gasteiger partial charge >= 0.3 is 0 Å². The molecule has 1 N–H and O–H groups in total. The van der Waals surface area contributed by atoms with Gasteiger partial charge in [0, 0.05) is 19.6 Å². The third-order valence-electron chi connectivity index (χ3n) is 3.84. The second kappa shape index (κ2) is 8.47. The van der Waals surface area contributed by atoms with Crippen molar-refractivity contribution in [2.24, 2.45) is 0 Å². The van der Waals surface area contributed by atoms with Crippen molar-refractivity contribution < 1.29 is 13.2 Å². The first-order valence-electron chi connectivity index (χ1n) is 8.02. The van der Waals surface area contributed by atoms with Gasteiger partial charge in [-0.2, -0.15) is 4.31 Å². The monoisotopic (exact) mass is 380 g/mol. The molecule has 25 heavy (non-hydrogen) atoms. The number of hydrogen-bond donors (Lipinski definition) is 1. The van der Waals surface area contributed by atoms with Crippen molar-refractivity contribution in [1.82, 2.24) is 9.62 Å². The van der Waals surface area contributed by atoms with Crippen LogP contribution in [0, 0.1) is 0 Å². The average Bonchev–Trinajstić information content (AvgIpc) is 2.61. The normalized spacial score (nSPS) is 11.5. The molecule has 0 bridgehead atoms. The first kappa shape index (κ1) is 19.4. The number of benzene rings is 2. The Kier molecular flexibility index (Phi) is 6.58. The van der Waals surface area contributed by atoms with Crippen LogP contribution in [-0.2, 0) is 16.6 Å². The topological polar surface area (TPSA) is 66.5 Å². The molecule has 134 valence electrons. The maximum Gasteiger partial charge on any atom is 0.253 e. The Morgan fingerprint density at radius 2 is 1.64 bits per heavy atom. The van der Waals surface area contributed by atoms with E-state index in [1.165, 1.54) is 4.31 Å². The number of hydrogen-bond acceptors (Lipinski definition) is 3. The van der Waals surface area contributed by atoms with Gasteiger partial charge in [0.2, 0.25) is 10.0 Å². The van der Waals surface area contributed by atoms with E-state index in [0.29, 0.717) is 23.7 Å². The van der Waals surface area contributed by atoms with Crippen LogP contribution in [0.4, 0.5) is 0 Å². The van der Waals surface area contributed by atoms with E-state index in [4.69, 9.17) is 11.6 Å². The molecule has 2 aromatic rings. The lowest BCUT2D eigenvalue weighted by molar-refractivity contribution is 0.0951. The molecule has 0 unspecified atom stereocenters. The smallest absolute Gasteiger partial charge is 0.253 e. The molecule has 0 heterocycles. The lowest BCUT2D eigenvalue weighted by Crippen LogP contribution is -2.30. The van der Waals surface area contributed by atoms with Crippen LogP contribution < -0.4 is 5.32 Å². The first-order valence-corrected chi connectivity index (χ1v) is 9.83. The summed E-state index contributed by atoms with van der Waals surface area (Å²) in [6, 6.07) is 13.3. The molecule has 0 aliphatic carbocycles. The van der Waals surface area contributed by atoms with Crippen molar-refractivity contribution in [3.05, 3.63) is 64.7 Å². The summed E-state index contributed by atoms with van der Waals surface area (Å²) in [4.78, 5) is 12.4. The number of carbonyl (C=O) groups is 1. The van der Waals surface area contributed by atoms with E-state index in [-0.39, 0.29) is 17.3 Å². The van der Waals surface area contributed by atoms with Crippen LogP contribution in [0.5, 0.6) is 0 Å². The van der Waals surface area contributed by atoms with Crippen LogP contribution in [0.2, 0.25) is 5.02 Å². The fourth-order valence-corrected chi connectivity index (χ4v) is 4.09. The van der Waals surface area contributed by atoms with Crippen LogP contribution in [0.1, 0.15) is 29.8 Å². The van der Waals surface area contributed by atoms with Crippen molar-refractivity contribution in [3.63, 3.8) is 0 Å². The molecule has 2 rings (SSSR count). The Bertz CT molecular complexity index is 832. The highest BCUT2D eigenvalue weighted by Crippen LogP contribution is 2.17. The van der Waals surface area contributed by atoms with Crippen molar-refractivity contribution in [1.29, 1.82) is 0 Å². The highest BCUT2D eigenvalue weighted by molar-refractivity contribution is 7.89. The first-order chi connectivity index (χ1) is 11.9. The lowest BCUT2D eigenvalue weighted by Gasteiger charge is -2.18. The van der Waals surface area contributed by atoms with Gasteiger partial charge in [0.25, 0.3) is 5.91 Å². The molecule has 0 aliphatic heterocycles. The fraction of sp³-hybridized carbons (Fsp3) is 0.278. The molecule has 0 saturated heterocycles. The minimum Gasteiger partial charge on any atom is -0.348 e. The maximum atomic E-state index is 12.4. The average molecular weight is 381 g/mol. The number of halogens is 1. The van der Waals surface area contributed by atoms with Gasteiger partial charge in [-0.25, -0.2) is 8.42 Å². The number of amides is 1. The molecule has 5 nitrogen and oxygen atoms in total. The second-order valence-electron chi connectivity index (χ2n) is 5.40. The third kappa shape index (κ3) is 4.60. The summed E-state index contributed by atoms with van der Waals surface area (Å²) >= 11 is 6.00. The number of rotatable bonds is 7. The lowest BCUT2D eigenvalue weighted by atomic mass is 10.2. The zero-order valence-corrected chi connectivity index (χ0v) is 15.8. The van der Waals surface area contributed by atoms with E-state index in [2.05, 4.69) is 5.32 Å². The second-order valence-corrected chi connectivity index (χ2v) is 7.74. The molecule has 0 atom stereocenters. The number of nitrogens with zero attached hydrogens (tertiary/aromatic N) is 1. The fourth-order valence-electron chi connectivity index (χ4n) is 2.41. The third-order valence-corrected chi connectivity index (χ3v) is 6.23. The van der Waals surface area contributed by atoms with Crippen LogP contribution in [0.15, 0.2) is 53.4 Å². The molecule has 2 aromatic carbocycles. The summed E-state index contributed by atoms with van der Waals surface area (Å²) in [5.74, 6) is -0.273. The van der Waals surface area contributed by atoms with Crippen molar-refractivity contribution in [3.8, 4) is 0 Å². The van der Waals surface area contributed by atoms with E-state index < -0.39 is 10.0 Å². The molecule has 0 radical (unpaired) electrons. The van der Waals surface area contributed by atoms with Gasteiger partial charge in [-0.3, -0.25) is 4.79 Å². The van der Waals surface area contributed by atoms with E-state index in [1.54, 1.807) is 62.4 Å². The summed E-state index contributed by atoms with van der Waals surface area (Å²) in [6.07, 6.45) is 0. The molecular formula is C18H21ClN2O3S. The minimum absolute atomic E-state index is 0.248. The van der Waals surface area contributed by atoms with Crippen LogP contribution >= 0.6 is 11.6 Å². The van der Waals surface area contributed by atoms with Crippen LogP contribution in [-0.4, -0.2) is 31.7 Å². The van der Waals surface area contributed by atoms with Crippen molar-refractivity contribution >= 4 is 27.5 Å². The molecule has 7 heteroatoms. The molecule has 0 saturated carbocycles. The summed E-state index contributed by atoms with van der Waals surface area (Å²) in [7, 11) is -3.47. The van der Waals surface area contributed by atoms with E-state index in [9.17, 15) is 13.2 Å². The van der Waals surface area contributed by atoms with Crippen molar-refractivity contribution in [2.75, 3.05) is 13.1 Å². The maximum absolute atomic E-state index is 12.4. The van der Waals surface area contributed by atoms with Crippen LogP contribution in [0.25, 0.3) is 0 Å². The number of nitrogens with one attached hydrogen (secondary N) is 1. The number of carbonyl (C=O) groups excluding carboxylic acids is 1. The Hall–Kier alpha value is -1.89. The van der Waals surface area contributed by atoms with Gasteiger partial charge in [0.15, 0.2) is 0 Å². The summed E-state index contributed by atoms with van der Waals surface area (Å²) in [6.45, 7) is 4.75. The molecule has 0 aliphatic rings. The Balaban J connectivity index is 2.06. The molecule has 0 fully saturated rings. The molecular weight excluding hydrogens is 360 g/mol. The Morgan fingerprint density at radius 1 is 1.04 bits per heavy atom. The van der Waals surface area contributed by atoms with Crippen molar-refractivity contribution in [2.45, 2.75) is 25.3 Å². The molecule has 0 aromatic heterocycles. The summed E-state index contributed by atoms with van der Waals surface area (Å²) in [5.41, 5.74) is 1.21. The highest BCUT2D eigenvalue weighted by atomic mass is 35.5. The Labute approximate surface area is 153 Å². The van der Waals surface area contributed by atoms with Gasteiger partial charge in [0.05, 0.1) is 15.5 Å². The van der Waals surface area contributed by atoms with Gasteiger partial charge in [-0.1, -0.05) is 49.7 Å². The highest BCUT2D eigenvalue weighted by Gasteiger charge is 2.21. The number of sulfonamides is 1. The zero-order valence-electron chi connectivity index (χ0n) is 14.2. The predicted molar refractivity (Wildman–Crippen MR) is 99.2 cm³/mol. The standard InChI is InChI=1S/C18H21ClN2O3S/c1-3-21(4-2)25(23,24)15-11-9-14(10-12-15)13-20-18(22)16-7-5-6-8-17(16)19/h5-12H,3-4,13H2,1-2H3,(H,20,22). The summed E-state index contributed by atoms with van der Waals surface area (Å²) in [5, 5.41) is 3.17. The minimum atomic E-state index is -3.47. The Morgan fingerprint density at radius 3 is 2.20 bits per heavy atom. The quantitative estimate of drug-likeness (QED) is 0.801. The van der Waals surface area contributed by atoms with Gasteiger partial charge in [-0.15, -0.1) is 0 Å². The molecule has 1 amide bonds. The van der Waals surface area contributed by atoms with E-state index in [1.807, 2.05) is 0 Å². The van der Waals surface area contributed by atoms with Gasteiger partial charge in [0.1, 0.15) is 0 Å². The van der Waals surface area contributed by atoms with Gasteiger partial charge < -0.3 is 5.32 Å². The molecule has 0 spiro atoms. The zero-order chi connectivity index (χ0) is 18.4. The predicted octanol–water partition coefficient (Wildman–Crippen LogP) is 3.30. The van der Waals surface area contributed by atoms with Gasteiger partial charge in [-0.05, 0) is 29.8 Å². The summed E-state index contributed by atoms with van der Waals surface area (Å²) < 4.78 is 26.3. The SMILES string of the molecule is CCN(CC)S(=O)(=O)c1ccc(CNC(=O)c2ccccc2Cl)cc1.